The van der Waals surface area contributed by atoms with Gasteiger partial charge in [0.2, 0.25) is 0 Å². The lowest BCUT2D eigenvalue weighted by atomic mass is 10.1. The molecule has 114 valence electrons. The maximum absolute atomic E-state index is 12.6. The normalized spacial score (nSPS) is 12.3. The Labute approximate surface area is 128 Å². The van der Waals surface area contributed by atoms with Crippen LogP contribution in [0.3, 0.4) is 0 Å². The second-order valence-electron chi connectivity index (χ2n) is 4.95. The topological polar surface area (TPSA) is 84.0 Å². The van der Waals surface area contributed by atoms with Crippen LogP contribution in [-0.4, -0.2) is 24.9 Å². The lowest BCUT2D eigenvalue weighted by Gasteiger charge is -2.23. The van der Waals surface area contributed by atoms with Crippen LogP contribution in [0.4, 0.5) is 5.69 Å². The highest BCUT2D eigenvalue weighted by molar-refractivity contribution is 7.89. The van der Waals surface area contributed by atoms with E-state index in [0.29, 0.717) is 17.2 Å². The van der Waals surface area contributed by atoms with Gasteiger partial charge in [-0.05, 0) is 32.9 Å². The van der Waals surface area contributed by atoms with Gasteiger partial charge in [0.15, 0.2) is 5.03 Å². The summed E-state index contributed by atoms with van der Waals surface area (Å²) in [5.74, 6) is 0. The van der Waals surface area contributed by atoms with Gasteiger partial charge in [0, 0.05) is 24.3 Å². The largest absolute Gasteiger partial charge is 0.383 e. The Morgan fingerprint density at radius 1 is 1.29 bits per heavy atom. The monoisotopic (exact) mass is 326 g/mol. The van der Waals surface area contributed by atoms with Crippen molar-refractivity contribution in [2.24, 2.45) is 0 Å². The number of aromatic nitrogens is 2. The molecule has 0 bridgehead atoms. The smallest absolute Gasteiger partial charge is 0.261 e. The molecule has 2 rings (SSSR count). The number of pyridine rings is 1. The van der Waals surface area contributed by atoms with Gasteiger partial charge in [-0.15, -0.1) is 11.3 Å². The molecule has 0 atom stereocenters. The zero-order valence-corrected chi connectivity index (χ0v) is 13.8. The molecule has 0 saturated carbocycles. The third-order valence-electron chi connectivity index (χ3n) is 2.75. The molecular weight excluding hydrogens is 308 g/mol. The van der Waals surface area contributed by atoms with E-state index >= 15 is 0 Å². The minimum atomic E-state index is -3.75. The van der Waals surface area contributed by atoms with Gasteiger partial charge in [-0.2, -0.15) is 4.72 Å². The molecule has 0 fully saturated rings. The number of thiazole rings is 1. The van der Waals surface area contributed by atoms with Crippen molar-refractivity contribution >= 4 is 27.0 Å². The molecule has 0 aliphatic rings. The van der Waals surface area contributed by atoms with Gasteiger partial charge in [0.1, 0.15) is 5.01 Å². The summed E-state index contributed by atoms with van der Waals surface area (Å²) in [6, 6.07) is 3.39. The first-order chi connectivity index (χ1) is 9.87. The highest BCUT2D eigenvalue weighted by Gasteiger charge is 2.32. The fourth-order valence-electron chi connectivity index (χ4n) is 1.89. The van der Waals surface area contributed by atoms with Crippen LogP contribution in [0.2, 0.25) is 0 Å². The van der Waals surface area contributed by atoms with Crippen molar-refractivity contribution in [2.45, 2.75) is 31.3 Å². The first-order valence-electron chi connectivity index (χ1n) is 6.49. The zero-order chi connectivity index (χ0) is 15.5. The summed E-state index contributed by atoms with van der Waals surface area (Å²) in [4.78, 5) is 8.18. The summed E-state index contributed by atoms with van der Waals surface area (Å²) in [6.07, 6.45) is 3.12. The number of hydrogen-bond acceptors (Lipinski definition) is 6. The van der Waals surface area contributed by atoms with Crippen molar-refractivity contribution < 1.29 is 8.42 Å². The Balaban J connectivity index is 2.35. The minimum absolute atomic E-state index is 0.00326. The Morgan fingerprint density at radius 2 is 2.05 bits per heavy atom. The van der Waals surface area contributed by atoms with Crippen LogP contribution >= 0.6 is 11.3 Å². The lowest BCUT2D eigenvalue weighted by molar-refractivity contribution is 0.468. The van der Waals surface area contributed by atoms with Crippen molar-refractivity contribution in [2.75, 3.05) is 11.9 Å². The van der Waals surface area contributed by atoms with Gasteiger partial charge in [-0.3, -0.25) is 0 Å². The van der Waals surface area contributed by atoms with Crippen molar-refractivity contribution in [1.82, 2.24) is 14.7 Å². The lowest BCUT2D eigenvalue weighted by Crippen LogP contribution is -2.41. The van der Waals surface area contributed by atoms with Crippen LogP contribution in [0, 0.1) is 0 Å². The predicted octanol–water partition coefficient (Wildman–Crippen LogP) is 2.18. The number of anilines is 1. The van der Waals surface area contributed by atoms with Gasteiger partial charge in [-0.25, -0.2) is 18.4 Å². The number of nitrogens with zero attached hydrogens (tertiary/aromatic N) is 2. The number of nitrogens with one attached hydrogen (secondary N) is 2. The van der Waals surface area contributed by atoms with Crippen LogP contribution in [0.1, 0.15) is 25.8 Å². The molecule has 2 N–H and O–H groups in total. The quantitative estimate of drug-likeness (QED) is 0.850. The Hall–Kier alpha value is -1.51. The van der Waals surface area contributed by atoms with E-state index < -0.39 is 15.6 Å². The average Bonchev–Trinajstić information content (AvgIpc) is 2.93. The maximum Gasteiger partial charge on any atom is 0.261 e. The van der Waals surface area contributed by atoms with E-state index in [1.165, 1.54) is 17.5 Å². The molecule has 0 aliphatic carbocycles. The van der Waals surface area contributed by atoms with E-state index in [0.717, 1.165) is 0 Å². The van der Waals surface area contributed by atoms with Crippen molar-refractivity contribution in [3.63, 3.8) is 0 Å². The van der Waals surface area contributed by atoms with E-state index in [1.54, 1.807) is 32.2 Å². The third-order valence-corrected chi connectivity index (χ3v) is 5.46. The molecule has 0 radical (unpaired) electrons. The highest BCUT2D eigenvalue weighted by Crippen LogP contribution is 2.26. The van der Waals surface area contributed by atoms with Gasteiger partial charge in [0.25, 0.3) is 10.0 Å². The van der Waals surface area contributed by atoms with E-state index in [9.17, 15) is 8.42 Å². The summed E-state index contributed by atoms with van der Waals surface area (Å²) in [5, 5.41) is 5.52. The maximum atomic E-state index is 12.6. The summed E-state index contributed by atoms with van der Waals surface area (Å²) in [6.45, 7) is 6.07. The molecule has 2 aromatic rings. The Kier molecular flexibility index (Phi) is 4.60. The standard InChI is InChI=1S/C13H18N4O2S2/c1-4-14-10-6-5-7-15-11(10)21(18,19)17-13(2,3)12-16-8-9-20-12/h5-9,14,17H,4H2,1-3H3. The first-order valence-corrected chi connectivity index (χ1v) is 8.86. The van der Waals surface area contributed by atoms with Gasteiger partial charge < -0.3 is 5.32 Å². The van der Waals surface area contributed by atoms with Gasteiger partial charge in [0.05, 0.1) is 11.2 Å². The summed E-state index contributed by atoms with van der Waals surface area (Å²) in [5.41, 5.74) is -0.309. The Morgan fingerprint density at radius 3 is 2.67 bits per heavy atom. The average molecular weight is 326 g/mol. The molecule has 0 spiro atoms. The molecular formula is C13H18N4O2S2. The van der Waals surface area contributed by atoms with E-state index in [1.807, 2.05) is 12.3 Å². The zero-order valence-electron chi connectivity index (χ0n) is 12.1. The predicted molar refractivity (Wildman–Crippen MR) is 83.9 cm³/mol. The van der Waals surface area contributed by atoms with E-state index in [4.69, 9.17) is 0 Å². The molecule has 0 unspecified atom stereocenters. The van der Waals surface area contributed by atoms with E-state index in [2.05, 4.69) is 20.0 Å². The molecule has 0 aromatic carbocycles. The van der Waals surface area contributed by atoms with Crippen LogP contribution in [-0.2, 0) is 15.6 Å². The molecule has 2 heterocycles. The molecule has 6 nitrogen and oxygen atoms in total. The fraction of sp³-hybridized carbons (Fsp3) is 0.385. The summed E-state index contributed by atoms with van der Waals surface area (Å²) < 4.78 is 27.9. The van der Waals surface area contributed by atoms with Crippen LogP contribution < -0.4 is 10.0 Å². The second-order valence-corrected chi connectivity index (χ2v) is 7.45. The highest BCUT2D eigenvalue weighted by atomic mass is 32.2. The molecule has 0 saturated heterocycles. The van der Waals surface area contributed by atoms with Crippen LogP contribution in [0.5, 0.6) is 0 Å². The second kappa shape index (κ2) is 6.08. The summed E-state index contributed by atoms with van der Waals surface area (Å²) >= 11 is 1.41. The molecule has 0 amide bonds. The Bertz CT molecular complexity index is 697. The number of rotatable bonds is 6. The fourth-order valence-corrected chi connectivity index (χ4v) is 4.17. The van der Waals surface area contributed by atoms with Crippen LogP contribution in [0.15, 0.2) is 34.9 Å². The summed E-state index contributed by atoms with van der Waals surface area (Å²) in [7, 11) is -3.75. The molecule has 2 aromatic heterocycles. The molecule has 21 heavy (non-hydrogen) atoms. The van der Waals surface area contributed by atoms with Gasteiger partial charge >= 0.3 is 0 Å². The number of sulfonamides is 1. The first kappa shape index (κ1) is 15.9. The minimum Gasteiger partial charge on any atom is -0.383 e. The van der Waals surface area contributed by atoms with Gasteiger partial charge in [-0.1, -0.05) is 0 Å². The van der Waals surface area contributed by atoms with Crippen LogP contribution in [0.25, 0.3) is 0 Å². The SMILES string of the molecule is CCNc1cccnc1S(=O)(=O)NC(C)(C)c1nccs1. The third kappa shape index (κ3) is 3.58. The van der Waals surface area contributed by atoms with Crippen molar-refractivity contribution in [3.05, 3.63) is 34.9 Å². The van der Waals surface area contributed by atoms with Crippen molar-refractivity contribution in [3.8, 4) is 0 Å². The molecule has 0 aliphatic heterocycles. The molecule has 8 heteroatoms. The van der Waals surface area contributed by atoms with E-state index in [-0.39, 0.29) is 5.03 Å². The van der Waals surface area contributed by atoms with Crippen molar-refractivity contribution in [1.29, 1.82) is 0 Å². The number of hydrogen-bond donors (Lipinski definition) is 2.